The Morgan fingerprint density at radius 2 is 1.89 bits per heavy atom. The number of alkyl halides is 3. The Hall–Kier alpha value is -1.52. The molecule has 10 heteroatoms. The fourth-order valence-corrected chi connectivity index (χ4v) is 4.20. The van der Waals surface area contributed by atoms with Crippen LogP contribution in [0.1, 0.15) is 32.2 Å². The number of thiazole rings is 1. The Labute approximate surface area is 161 Å². The van der Waals surface area contributed by atoms with Crippen molar-refractivity contribution in [3.05, 3.63) is 29.3 Å². The molecule has 1 aromatic heterocycles. The summed E-state index contributed by atoms with van der Waals surface area (Å²) < 4.78 is 52.6. The van der Waals surface area contributed by atoms with Gasteiger partial charge in [0.1, 0.15) is 5.01 Å². The number of aliphatic hydroxyl groups is 1. The average molecular weight is 422 g/mol. The number of carbonyl (C=O) groups excluding carboxylic acids is 1. The van der Waals surface area contributed by atoms with Crippen LogP contribution in [0, 0.1) is 0 Å². The maximum atomic E-state index is 13.6. The maximum absolute atomic E-state index is 13.6. The van der Waals surface area contributed by atoms with Crippen molar-refractivity contribution in [2.45, 2.75) is 43.7 Å². The van der Waals surface area contributed by atoms with E-state index >= 15 is 0 Å². The minimum absolute atomic E-state index is 0.0451. The fourth-order valence-electron chi connectivity index (χ4n) is 2.23. The van der Waals surface area contributed by atoms with Crippen molar-refractivity contribution < 1.29 is 27.3 Å². The molecule has 1 aromatic carbocycles. The molecule has 150 valence electrons. The number of aromatic nitrogens is 1. The van der Waals surface area contributed by atoms with Crippen LogP contribution in [-0.2, 0) is 21.2 Å². The van der Waals surface area contributed by atoms with Gasteiger partial charge in [0.15, 0.2) is 0 Å². The molecule has 0 fully saturated rings. The van der Waals surface area contributed by atoms with E-state index in [-0.39, 0.29) is 12.3 Å². The summed E-state index contributed by atoms with van der Waals surface area (Å²) in [5.41, 5.74) is -3.06. The van der Waals surface area contributed by atoms with Crippen LogP contribution in [0.25, 0.3) is 10.2 Å². The summed E-state index contributed by atoms with van der Waals surface area (Å²) in [6.45, 7) is 5.25. The first-order valence-electron chi connectivity index (χ1n) is 8.15. The lowest BCUT2D eigenvalue weighted by atomic mass is 9.99. The smallest absolute Gasteiger partial charge is 0.374 e. The van der Waals surface area contributed by atoms with Gasteiger partial charge < -0.3 is 10.4 Å². The maximum Gasteiger partial charge on any atom is 0.424 e. The van der Waals surface area contributed by atoms with Crippen LogP contribution in [0.4, 0.5) is 13.2 Å². The summed E-state index contributed by atoms with van der Waals surface area (Å²) in [6.07, 6.45) is -6.29. The first-order chi connectivity index (χ1) is 12.3. The third kappa shape index (κ3) is 5.05. The molecule has 2 rings (SSSR count). The minimum Gasteiger partial charge on any atom is -0.374 e. The van der Waals surface area contributed by atoms with Crippen LogP contribution in [0.3, 0.4) is 0 Å². The summed E-state index contributed by atoms with van der Waals surface area (Å²) in [5.74, 6) is -0.874. The Morgan fingerprint density at radius 1 is 1.26 bits per heavy atom. The van der Waals surface area contributed by atoms with E-state index in [1.54, 1.807) is 39.0 Å². The van der Waals surface area contributed by atoms with E-state index in [0.717, 1.165) is 0 Å². The number of benzene rings is 1. The molecule has 1 amide bonds. The molecular weight excluding hydrogens is 401 g/mol. The number of hydrogen-bond acceptors (Lipinski definition) is 5. The number of para-hydroxylation sites is 1. The van der Waals surface area contributed by atoms with Crippen molar-refractivity contribution in [2.75, 3.05) is 12.3 Å². The van der Waals surface area contributed by atoms with Gasteiger partial charge in [-0.1, -0.05) is 12.1 Å². The molecule has 1 heterocycles. The number of hydrogen-bond donors (Lipinski definition) is 2. The molecule has 0 unspecified atom stereocenters. The van der Waals surface area contributed by atoms with Crippen LogP contribution < -0.4 is 5.32 Å². The van der Waals surface area contributed by atoms with Gasteiger partial charge in [-0.15, -0.1) is 11.3 Å². The molecule has 0 spiro atoms. The van der Waals surface area contributed by atoms with Gasteiger partial charge in [-0.3, -0.25) is 9.00 Å². The zero-order valence-electron chi connectivity index (χ0n) is 15.1. The molecule has 2 aromatic rings. The van der Waals surface area contributed by atoms with Crippen molar-refractivity contribution in [1.82, 2.24) is 10.3 Å². The Kier molecular flexibility index (Phi) is 6.33. The van der Waals surface area contributed by atoms with Crippen LogP contribution in [0.2, 0.25) is 0 Å². The molecule has 0 saturated heterocycles. The number of nitrogens with one attached hydrogen (secondary N) is 1. The predicted octanol–water partition coefficient (Wildman–Crippen LogP) is 3.10. The largest absolute Gasteiger partial charge is 0.424 e. The van der Waals surface area contributed by atoms with Crippen molar-refractivity contribution in [2.24, 2.45) is 0 Å². The van der Waals surface area contributed by atoms with Crippen molar-refractivity contribution in [1.29, 1.82) is 0 Å². The standard InChI is InChI=1S/C17H21F3N2O3S2/c1-15(2,3)27(25)9-8-21-13(23)10-16(24,17(18,19)20)14-22-11-6-4-5-7-12(11)26-14/h4-7,24H,8-10H2,1-3H3,(H,21,23)/t16-,27+/m0/s1. The highest BCUT2D eigenvalue weighted by atomic mass is 32.2. The van der Waals surface area contributed by atoms with Crippen LogP contribution in [0.5, 0.6) is 0 Å². The summed E-state index contributed by atoms with van der Waals surface area (Å²) in [5, 5.41) is 12.1. The number of nitrogens with zero attached hydrogens (tertiary/aromatic N) is 1. The van der Waals surface area contributed by atoms with Crippen molar-refractivity contribution in [3.8, 4) is 0 Å². The number of fused-ring (bicyclic) bond motifs is 1. The van der Waals surface area contributed by atoms with Crippen LogP contribution in [-0.4, -0.2) is 43.4 Å². The lowest BCUT2D eigenvalue weighted by Gasteiger charge is -2.28. The molecule has 0 aliphatic heterocycles. The molecule has 0 radical (unpaired) electrons. The highest BCUT2D eigenvalue weighted by Gasteiger charge is 2.58. The lowest BCUT2D eigenvalue weighted by Crippen LogP contribution is -2.46. The van der Waals surface area contributed by atoms with Crippen LogP contribution >= 0.6 is 11.3 Å². The molecule has 2 atom stereocenters. The van der Waals surface area contributed by atoms with Gasteiger partial charge >= 0.3 is 6.18 Å². The third-order valence-electron chi connectivity index (χ3n) is 3.83. The van der Waals surface area contributed by atoms with E-state index in [1.165, 1.54) is 6.07 Å². The molecule has 0 saturated carbocycles. The zero-order valence-corrected chi connectivity index (χ0v) is 16.7. The molecule has 27 heavy (non-hydrogen) atoms. The monoisotopic (exact) mass is 422 g/mol. The normalized spacial score (nSPS) is 16.1. The second kappa shape index (κ2) is 7.84. The van der Waals surface area contributed by atoms with Gasteiger partial charge in [0.2, 0.25) is 11.5 Å². The summed E-state index contributed by atoms with van der Waals surface area (Å²) in [7, 11) is -1.25. The van der Waals surface area contributed by atoms with Crippen LogP contribution in [0.15, 0.2) is 24.3 Å². The first-order valence-corrected chi connectivity index (χ1v) is 10.3. The van der Waals surface area contributed by atoms with E-state index in [0.29, 0.717) is 21.6 Å². The molecular formula is C17H21F3N2O3S2. The topological polar surface area (TPSA) is 79.3 Å². The van der Waals surface area contributed by atoms with Gasteiger partial charge in [-0.25, -0.2) is 4.98 Å². The predicted molar refractivity (Wildman–Crippen MR) is 100.0 cm³/mol. The van der Waals surface area contributed by atoms with Gasteiger partial charge in [0, 0.05) is 27.8 Å². The van der Waals surface area contributed by atoms with Crippen molar-refractivity contribution in [3.63, 3.8) is 0 Å². The fraction of sp³-hybridized carbons (Fsp3) is 0.529. The summed E-state index contributed by atoms with van der Waals surface area (Å²) in [4.78, 5) is 15.9. The van der Waals surface area contributed by atoms with E-state index in [1.807, 2.05) is 0 Å². The number of halogens is 3. The Bertz CT molecular complexity index is 813. The third-order valence-corrected chi connectivity index (χ3v) is 6.95. The Balaban J connectivity index is 2.14. The molecule has 0 aliphatic carbocycles. The first kappa shape index (κ1) is 21.8. The van der Waals surface area contributed by atoms with Gasteiger partial charge in [0.05, 0.1) is 16.6 Å². The van der Waals surface area contributed by atoms with Gasteiger partial charge in [-0.05, 0) is 32.9 Å². The van der Waals surface area contributed by atoms with E-state index < -0.39 is 44.7 Å². The highest BCUT2D eigenvalue weighted by molar-refractivity contribution is 7.86. The average Bonchev–Trinajstić information content (AvgIpc) is 2.97. The van der Waals surface area contributed by atoms with E-state index in [9.17, 15) is 27.3 Å². The summed E-state index contributed by atoms with van der Waals surface area (Å²) >= 11 is 0.695. The van der Waals surface area contributed by atoms with E-state index in [4.69, 9.17) is 0 Å². The van der Waals surface area contributed by atoms with Gasteiger partial charge in [-0.2, -0.15) is 13.2 Å². The lowest BCUT2D eigenvalue weighted by molar-refractivity contribution is -0.267. The number of rotatable bonds is 6. The van der Waals surface area contributed by atoms with Gasteiger partial charge in [0.25, 0.3) is 0 Å². The van der Waals surface area contributed by atoms with Crippen molar-refractivity contribution >= 4 is 38.3 Å². The second-order valence-electron chi connectivity index (χ2n) is 7.03. The zero-order chi connectivity index (χ0) is 20.5. The number of amides is 1. The quantitative estimate of drug-likeness (QED) is 0.750. The molecule has 0 bridgehead atoms. The van der Waals surface area contributed by atoms with E-state index in [2.05, 4.69) is 10.3 Å². The molecule has 5 nitrogen and oxygen atoms in total. The number of carbonyl (C=O) groups is 1. The second-order valence-corrected chi connectivity index (χ2v) is 10.4. The Morgan fingerprint density at radius 3 is 2.44 bits per heavy atom. The molecule has 0 aliphatic rings. The summed E-state index contributed by atoms with van der Waals surface area (Å²) in [6, 6.07) is 6.41. The molecule has 2 N–H and O–H groups in total. The SMILES string of the molecule is CC(C)(C)[S@](=O)CCNC(=O)C[C@](O)(c1nc2ccccc2s1)C(F)(F)F. The highest BCUT2D eigenvalue weighted by Crippen LogP contribution is 2.44. The minimum atomic E-state index is -5.08.